The molecule has 2 rings (SSSR count). The summed E-state index contributed by atoms with van der Waals surface area (Å²) >= 11 is 0. The fraction of sp³-hybridized carbons (Fsp3) is 0.167. The highest BCUT2D eigenvalue weighted by Gasteiger charge is 2.44. The second-order valence-corrected chi connectivity index (χ2v) is 3.74. The molecule has 0 unspecified atom stereocenters. The molecule has 0 spiro atoms. The van der Waals surface area contributed by atoms with E-state index in [0.29, 0.717) is 6.07 Å². The van der Waals surface area contributed by atoms with Crippen LogP contribution in [0.1, 0.15) is 11.1 Å². The Morgan fingerprint density at radius 2 is 1.53 bits per heavy atom. The molecule has 2 aromatic rings. The molecule has 1 nitrogen and oxygen atoms in total. The zero-order chi connectivity index (χ0) is 14.3. The van der Waals surface area contributed by atoms with Crippen LogP contribution < -0.4 is 0 Å². The maximum Gasteiger partial charge on any atom is 0.417 e. The van der Waals surface area contributed by atoms with Gasteiger partial charge in [-0.1, -0.05) is 12.1 Å². The predicted octanol–water partition coefficient (Wildman–Crippen LogP) is 4.98. The average Bonchev–Trinajstić information content (AvgIpc) is 2.79. The largest absolute Gasteiger partial charge is 0.472 e. The second-order valence-electron chi connectivity index (χ2n) is 3.74. The summed E-state index contributed by atoms with van der Waals surface area (Å²) in [4.78, 5) is 0. The summed E-state index contributed by atoms with van der Waals surface area (Å²) in [5.41, 5.74) is -4.03. The lowest BCUT2D eigenvalue weighted by molar-refractivity contribution is -0.161. The highest BCUT2D eigenvalue weighted by Crippen LogP contribution is 2.44. The summed E-state index contributed by atoms with van der Waals surface area (Å²) in [6, 6.07) is 3.49. The molecule has 0 aliphatic carbocycles. The van der Waals surface area contributed by atoms with Gasteiger partial charge in [0.25, 0.3) is 0 Å². The van der Waals surface area contributed by atoms with Crippen molar-refractivity contribution in [1.82, 2.24) is 0 Å². The first kappa shape index (κ1) is 13.5. The van der Waals surface area contributed by atoms with E-state index in [9.17, 15) is 26.3 Å². The van der Waals surface area contributed by atoms with Crippen molar-refractivity contribution in [3.8, 4) is 11.1 Å². The Morgan fingerprint density at radius 3 is 2.00 bits per heavy atom. The molecule has 0 aliphatic rings. The molecule has 0 atom stereocenters. The van der Waals surface area contributed by atoms with E-state index in [4.69, 9.17) is 0 Å². The number of alkyl halides is 6. The monoisotopic (exact) mass is 280 g/mol. The minimum Gasteiger partial charge on any atom is -0.472 e. The average molecular weight is 280 g/mol. The molecule has 0 amide bonds. The Morgan fingerprint density at radius 1 is 0.842 bits per heavy atom. The van der Waals surface area contributed by atoms with Crippen molar-refractivity contribution < 1.29 is 30.8 Å². The molecule has 1 aromatic carbocycles. The van der Waals surface area contributed by atoms with Gasteiger partial charge in [0.1, 0.15) is 0 Å². The summed E-state index contributed by atoms with van der Waals surface area (Å²) in [6.45, 7) is 0. The van der Waals surface area contributed by atoms with Gasteiger partial charge >= 0.3 is 12.4 Å². The van der Waals surface area contributed by atoms with E-state index in [1.165, 1.54) is 6.07 Å². The normalized spacial score (nSPS) is 12.7. The van der Waals surface area contributed by atoms with Crippen LogP contribution in [0.25, 0.3) is 11.1 Å². The van der Waals surface area contributed by atoms with Crippen LogP contribution in [0, 0.1) is 0 Å². The van der Waals surface area contributed by atoms with Crippen molar-refractivity contribution in [3.05, 3.63) is 47.9 Å². The van der Waals surface area contributed by atoms with E-state index >= 15 is 0 Å². The lowest BCUT2D eigenvalue weighted by Crippen LogP contribution is -2.17. The van der Waals surface area contributed by atoms with Crippen LogP contribution >= 0.6 is 0 Å². The Hall–Kier alpha value is -1.92. The molecule has 0 bridgehead atoms. The molecule has 7 heteroatoms. The first-order valence-electron chi connectivity index (χ1n) is 5.01. The number of furan rings is 1. The molecule has 0 saturated heterocycles. The standard InChI is InChI=1S/C12H6F6O/c13-11(14,15)9-3-1-2-8(7-4-5-19-6-7)10(9)12(16,17)18/h1-6H. The highest BCUT2D eigenvalue weighted by molar-refractivity contribution is 5.69. The molecular formula is C12H6F6O. The molecule has 0 saturated carbocycles. The molecule has 0 N–H and O–H groups in total. The topological polar surface area (TPSA) is 13.1 Å². The summed E-state index contributed by atoms with van der Waals surface area (Å²) in [6.07, 6.45) is -8.14. The number of rotatable bonds is 1. The van der Waals surface area contributed by atoms with Gasteiger partial charge in [-0.3, -0.25) is 0 Å². The van der Waals surface area contributed by atoms with Crippen molar-refractivity contribution in [1.29, 1.82) is 0 Å². The van der Waals surface area contributed by atoms with E-state index in [2.05, 4.69) is 4.42 Å². The number of halogens is 6. The third-order valence-corrected chi connectivity index (χ3v) is 2.49. The van der Waals surface area contributed by atoms with Crippen LogP contribution in [0.3, 0.4) is 0 Å². The Labute approximate surface area is 103 Å². The predicted molar refractivity (Wildman–Crippen MR) is 54.1 cm³/mol. The van der Waals surface area contributed by atoms with Gasteiger partial charge in [0.05, 0.1) is 23.7 Å². The first-order chi connectivity index (χ1) is 8.71. The van der Waals surface area contributed by atoms with Gasteiger partial charge in [-0.15, -0.1) is 0 Å². The van der Waals surface area contributed by atoms with Gasteiger partial charge in [0.15, 0.2) is 0 Å². The zero-order valence-electron chi connectivity index (χ0n) is 9.14. The summed E-state index contributed by atoms with van der Waals surface area (Å²) in [7, 11) is 0. The van der Waals surface area contributed by atoms with Gasteiger partial charge in [-0.05, 0) is 17.7 Å². The molecule has 102 valence electrons. The highest BCUT2D eigenvalue weighted by atomic mass is 19.4. The third-order valence-electron chi connectivity index (χ3n) is 2.49. The van der Waals surface area contributed by atoms with Crippen LogP contribution in [0.2, 0.25) is 0 Å². The van der Waals surface area contributed by atoms with Crippen LogP contribution in [0.5, 0.6) is 0 Å². The number of hydrogen-bond acceptors (Lipinski definition) is 1. The minimum absolute atomic E-state index is 0.0570. The smallest absolute Gasteiger partial charge is 0.417 e. The zero-order valence-corrected chi connectivity index (χ0v) is 9.14. The van der Waals surface area contributed by atoms with Crippen LogP contribution in [0.4, 0.5) is 26.3 Å². The van der Waals surface area contributed by atoms with Crippen molar-refractivity contribution in [2.24, 2.45) is 0 Å². The maximum absolute atomic E-state index is 12.9. The molecule has 0 aliphatic heterocycles. The number of hydrogen-bond donors (Lipinski definition) is 0. The first-order valence-corrected chi connectivity index (χ1v) is 5.01. The third kappa shape index (κ3) is 2.59. The van der Waals surface area contributed by atoms with Gasteiger partial charge in [-0.2, -0.15) is 26.3 Å². The summed E-state index contributed by atoms with van der Waals surface area (Å²) < 4.78 is 81.3. The van der Waals surface area contributed by atoms with E-state index in [1.807, 2.05) is 0 Å². The van der Waals surface area contributed by atoms with Gasteiger partial charge in [0, 0.05) is 5.56 Å². The molecular weight excluding hydrogens is 274 g/mol. The fourth-order valence-electron chi connectivity index (χ4n) is 1.75. The summed E-state index contributed by atoms with van der Waals surface area (Å²) in [5, 5.41) is 0. The molecule has 0 fully saturated rings. The van der Waals surface area contributed by atoms with E-state index in [0.717, 1.165) is 24.7 Å². The quantitative estimate of drug-likeness (QED) is 0.671. The lowest BCUT2D eigenvalue weighted by atomic mass is 9.96. The van der Waals surface area contributed by atoms with Crippen molar-refractivity contribution in [2.45, 2.75) is 12.4 Å². The van der Waals surface area contributed by atoms with Crippen molar-refractivity contribution in [2.75, 3.05) is 0 Å². The fourth-order valence-corrected chi connectivity index (χ4v) is 1.75. The molecule has 19 heavy (non-hydrogen) atoms. The molecule has 0 radical (unpaired) electrons. The second kappa shape index (κ2) is 4.32. The van der Waals surface area contributed by atoms with E-state index in [-0.39, 0.29) is 5.56 Å². The lowest BCUT2D eigenvalue weighted by Gasteiger charge is -2.18. The van der Waals surface area contributed by atoms with Gasteiger partial charge < -0.3 is 4.42 Å². The maximum atomic E-state index is 12.9. The number of benzene rings is 1. The SMILES string of the molecule is FC(F)(F)c1cccc(-c2ccoc2)c1C(F)(F)F. The molecule has 1 aromatic heterocycles. The summed E-state index contributed by atoms with van der Waals surface area (Å²) in [5.74, 6) is 0. The Kier molecular flexibility index (Phi) is 3.07. The molecule has 1 heterocycles. The van der Waals surface area contributed by atoms with Crippen LogP contribution in [-0.4, -0.2) is 0 Å². The van der Waals surface area contributed by atoms with E-state index < -0.39 is 29.0 Å². The van der Waals surface area contributed by atoms with Crippen LogP contribution in [0.15, 0.2) is 41.2 Å². The van der Waals surface area contributed by atoms with Crippen LogP contribution in [-0.2, 0) is 12.4 Å². The van der Waals surface area contributed by atoms with Gasteiger partial charge in [-0.25, -0.2) is 0 Å². The Bertz CT molecular complexity index is 565. The van der Waals surface area contributed by atoms with Gasteiger partial charge in [0.2, 0.25) is 0 Å². The minimum atomic E-state index is -5.11. The van der Waals surface area contributed by atoms with Crippen molar-refractivity contribution >= 4 is 0 Å². The van der Waals surface area contributed by atoms with E-state index in [1.54, 1.807) is 0 Å². The Balaban J connectivity index is 2.76. The van der Waals surface area contributed by atoms with Crippen molar-refractivity contribution in [3.63, 3.8) is 0 Å².